The number of likely N-dealkylation sites (tertiary alicyclic amines) is 1. The molecular formula is C19H28N2O3. The second-order valence-electron chi connectivity index (χ2n) is 6.64. The first-order valence-electron chi connectivity index (χ1n) is 9.04. The van der Waals surface area contributed by atoms with Gasteiger partial charge in [-0.1, -0.05) is 12.5 Å². The highest BCUT2D eigenvalue weighted by Gasteiger charge is 2.24. The van der Waals surface area contributed by atoms with Gasteiger partial charge in [0, 0.05) is 25.2 Å². The zero-order valence-corrected chi connectivity index (χ0v) is 14.8. The van der Waals surface area contributed by atoms with Crippen molar-refractivity contribution in [2.45, 2.75) is 45.7 Å². The minimum Gasteiger partial charge on any atom is -0.496 e. The van der Waals surface area contributed by atoms with Crippen molar-refractivity contribution in [2.24, 2.45) is 0 Å². The van der Waals surface area contributed by atoms with Crippen LogP contribution in [0.5, 0.6) is 5.75 Å². The van der Waals surface area contributed by atoms with E-state index in [0.717, 1.165) is 25.3 Å². The van der Waals surface area contributed by atoms with Crippen LogP contribution in [0.1, 0.15) is 42.9 Å². The lowest BCUT2D eigenvalue weighted by Gasteiger charge is -2.30. The lowest BCUT2D eigenvalue weighted by Crippen LogP contribution is -2.36. The fraction of sp³-hybridized carbons (Fsp3) is 0.632. The molecule has 0 N–H and O–H groups in total. The summed E-state index contributed by atoms with van der Waals surface area (Å²) in [6.07, 6.45) is 4.59. The summed E-state index contributed by atoms with van der Waals surface area (Å²) >= 11 is 0. The summed E-state index contributed by atoms with van der Waals surface area (Å²) in [5.74, 6) is 0.935. The summed E-state index contributed by atoms with van der Waals surface area (Å²) in [4.78, 5) is 16.2. The fourth-order valence-electron chi connectivity index (χ4n) is 3.68. The number of fused-ring (bicyclic) bond motifs is 1. The van der Waals surface area contributed by atoms with E-state index in [0.29, 0.717) is 13.2 Å². The number of benzene rings is 1. The van der Waals surface area contributed by atoms with Gasteiger partial charge >= 0.3 is 6.09 Å². The van der Waals surface area contributed by atoms with E-state index < -0.39 is 0 Å². The van der Waals surface area contributed by atoms with Crippen LogP contribution in [0.4, 0.5) is 4.79 Å². The number of carbonyl (C=O) groups is 1. The molecule has 0 atom stereocenters. The van der Waals surface area contributed by atoms with Gasteiger partial charge in [-0.2, -0.15) is 0 Å². The normalized spacial score (nSPS) is 18.2. The Hall–Kier alpha value is -1.75. The van der Waals surface area contributed by atoms with Gasteiger partial charge in [0.2, 0.25) is 0 Å². The Morgan fingerprint density at radius 1 is 1.12 bits per heavy atom. The summed E-state index contributed by atoms with van der Waals surface area (Å²) in [7, 11) is 1.73. The molecule has 2 aliphatic heterocycles. The van der Waals surface area contributed by atoms with Crippen molar-refractivity contribution in [1.29, 1.82) is 0 Å². The Kier molecular flexibility index (Phi) is 5.61. The zero-order valence-electron chi connectivity index (χ0n) is 14.8. The van der Waals surface area contributed by atoms with Gasteiger partial charge in [-0.3, -0.25) is 4.90 Å². The van der Waals surface area contributed by atoms with Crippen LogP contribution in [-0.2, 0) is 24.2 Å². The highest BCUT2D eigenvalue weighted by atomic mass is 16.6. The van der Waals surface area contributed by atoms with Crippen molar-refractivity contribution in [2.75, 3.05) is 33.4 Å². The van der Waals surface area contributed by atoms with Crippen LogP contribution in [-0.4, -0.2) is 49.2 Å². The van der Waals surface area contributed by atoms with Crippen LogP contribution in [0.15, 0.2) is 12.1 Å². The molecule has 0 saturated carbocycles. The largest absolute Gasteiger partial charge is 0.496 e. The minimum atomic E-state index is -0.223. The third-order valence-electron chi connectivity index (χ3n) is 4.98. The maximum absolute atomic E-state index is 12.0. The molecule has 1 aromatic carbocycles. The highest BCUT2D eigenvalue weighted by molar-refractivity contribution is 5.68. The number of methoxy groups -OCH3 is 1. The van der Waals surface area contributed by atoms with E-state index in [-0.39, 0.29) is 6.09 Å². The van der Waals surface area contributed by atoms with E-state index in [9.17, 15) is 4.79 Å². The van der Waals surface area contributed by atoms with Gasteiger partial charge in [0.1, 0.15) is 5.75 Å². The second-order valence-corrected chi connectivity index (χ2v) is 6.64. The maximum Gasteiger partial charge on any atom is 0.410 e. The van der Waals surface area contributed by atoms with E-state index >= 15 is 0 Å². The lowest BCUT2D eigenvalue weighted by molar-refractivity contribution is 0.102. The second kappa shape index (κ2) is 7.88. The van der Waals surface area contributed by atoms with Gasteiger partial charge in [0.05, 0.1) is 13.7 Å². The van der Waals surface area contributed by atoms with Crippen LogP contribution < -0.4 is 4.74 Å². The Morgan fingerprint density at radius 3 is 2.62 bits per heavy atom. The summed E-state index contributed by atoms with van der Waals surface area (Å²) < 4.78 is 10.8. The van der Waals surface area contributed by atoms with Crippen molar-refractivity contribution in [3.8, 4) is 5.75 Å². The molecular weight excluding hydrogens is 304 g/mol. The van der Waals surface area contributed by atoms with Crippen molar-refractivity contribution in [3.05, 3.63) is 28.8 Å². The van der Waals surface area contributed by atoms with Gasteiger partial charge in [0.15, 0.2) is 0 Å². The molecule has 0 aromatic heterocycles. The number of amides is 1. The molecule has 1 aromatic rings. The third kappa shape index (κ3) is 3.83. The molecule has 3 rings (SSSR count). The number of carbonyl (C=O) groups excluding carboxylic acids is 1. The topological polar surface area (TPSA) is 42.0 Å². The smallest absolute Gasteiger partial charge is 0.410 e. The lowest BCUT2D eigenvalue weighted by atomic mass is 9.96. The molecule has 0 aliphatic carbocycles. The Balaban J connectivity index is 1.76. The Morgan fingerprint density at radius 2 is 1.92 bits per heavy atom. The SMILES string of the molecule is CCOC(=O)N1CCc2cc(CN3CCCCC3)c(OC)cc2C1. The van der Waals surface area contributed by atoms with Gasteiger partial charge in [-0.05, 0) is 56.5 Å². The summed E-state index contributed by atoms with van der Waals surface area (Å²) in [5.41, 5.74) is 3.78. The molecule has 0 bridgehead atoms. The summed E-state index contributed by atoms with van der Waals surface area (Å²) in [6, 6.07) is 4.39. The van der Waals surface area contributed by atoms with E-state index in [2.05, 4.69) is 17.0 Å². The van der Waals surface area contributed by atoms with Crippen LogP contribution >= 0.6 is 0 Å². The van der Waals surface area contributed by atoms with E-state index in [1.807, 2.05) is 6.92 Å². The van der Waals surface area contributed by atoms with E-state index in [4.69, 9.17) is 9.47 Å². The number of hydrogen-bond acceptors (Lipinski definition) is 4. The van der Waals surface area contributed by atoms with Gasteiger partial charge in [-0.15, -0.1) is 0 Å². The Bertz CT molecular complexity index is 582. The molecule has 5 heteroatoms. The minimum absolute atomic E-state index is 0.223. The molecule has 1 saturated heterocycles. The van der Waals surface area contributed by atoms with Gasteiger partial charge in [-0.25, -0.2) is 4.79 Å². The molecule has 2 aliphatic rings. The summed E-state index contributed by atoms with van der Waals surface area (Å²) in [5, 5.41) is 0. The predicted molar refractivity (Wildman–Crippen MR) is 93.3 cm³/mol. The number of hydrogen-bond donors (Lipinski definition) is 0. The molecule has 0 unspecified atom stereocenters. The molecule has 1 amide bonds. The standard InChI is InChI=1S/C19H28N2O3/c1-3-24-19(22)21-10-7-15-11-17(13-20-8-5-4-6-9-20)18(23-2)12-16(15)14-21/h11-12H,3-10,13-14H2,1-2H3. The van der Waals surface area contributed by atoms with E-state index in [1.165, 1.54) is 49.0 Å². The molecule has 1 fully saturated rings. The molecule has 24 heavy (non-hydrogen) atoms. The third-order valence-corrected chi connectivity index (χ3v) is 4.98. The van der Waals surface area contributed by atoms with Crippen molar-refractivity contribution in [1.82, 2.24) is 9.80 Å². The van der Waals surface area contributed by atoms with Crippen molar-refractivity contribution in [3.63, 3.8) is 0 Å². The van der Waals surface area contributed by atoms with Crippen molar-refractivity contribution >= 4 is 6.09 Å². The van der Waals surface area contributed by atoms with Crippen LogP contribution in [0.2, 0.25) is 0 Å². The molecule has 0 spiro atoms. The quantitative estimate of drug-likeness (QED) is 0.849. The van der Waals surface area contributed by atoms with Crippen molar-refractivity contribution < 1.29 is 14.3 Å². The van der Waals surface area contributed by atoms with Crippen LogP contribution in [0, 0.1) is 0 Å². The first kappa shape index (κ1) is 17.1. The highest BCUT2D eigenvalue weighted by Crippen LogP contribution is 2.29. The van der Waals surface area contributed by atoms with Gasteiger partial charge in [0.25, 0.3) is 0 Å². The average molecular weight is 332 g/mol. The molecule has 132 valence electrons. The average Bonchev–Trinajstić information content (AvgIpc) is 2.62. The first-order valence-corrected chi connectivity index (χ1v) is 9.04. The van der Waals surface area contributed by atoms with Crippen LogP contribution in [0.3, 0.4) is 0 Å². The molecule has 0 radical (unpaired) electrons. The molecule has 2 heterocycles. The maximum atomic E-state index is 12.0. The summed E-state index contributed by atoms with van der Waals surface area (Å²) in [6.45, 7) is 6.90. The van der Waals surface area contributed by atoms with Gasteiger partial charge < -0.3 is 14.4 Å². The number of ether oxygens (including phenoxy) is 2. The fourth-order valence-corrected chi connectivity index (χ4v) is 3.68. The zero-order chi connectivity index (χ0) is 16.9. The predicted octanol–water partition coefficient (Wildman–Crippen LogP) is 3.20. The van der Waals surface area contributed by atoms with E-state index in [1.54, 1.807) is 12.0 Å². The monoisotopic (exact) mass is 332 g/mol. The molecule has 5 nitrogen and oxygen atoms in total. The first-order chi connectivity index (χ1) is 11.7. The number of nitrogens with zero attached hydrogens (tertiary/aromatic N) is 2. The van der Waals surface area contributed by atoms with Crippen LogP contribution in [0.25, 0.3) is 0 Å². The number of rotatable bonds is 4. The number of piperidine rings is 1. The Labute approximate surface area is 144 Å².